The van der Waals surface area contributed by atoms with Crippen LogP contribution in [0.3, 0.4) is 0 Å². The molecule has 2 fully saturated rings. The first-order valence-corrected chi connectivity index (χ1v) is 10.9. The third-order valence-electron chi connectivity index (χ3n) is 5.90. The molecule has 0 aromatic heterocycles. The molecule has 2 atom stereocenters. The predicted molar refractivity (Wildman–Crippen MR) is 101 cm³/mol. The molecule has 6 nitrogen and oxygen atoms in total. The quantitative estimate of drug-likeness (QED) is 0.635. The summed E-state index contributed by atoms with van der Waals surface area (Å²) in [6.45, 7) is 5.89. The van der Waals surface area contributed by atoms with E-state index in [2.05, 4.69) is 0 Å². The van der Waals surface area contributed by atoms with Crippen LogP contribution >= 0.6 is 0 Å². The number of aryl methyl sites for hydroxylation is 1. The van der Waals surface area contributed by atoms with Crippen LogP contribution in [0.15, 0.2) is 29.2 Å². The van der Waals surface area contributed by atoms with Gasteiger partial charge in [0.15, 0.2) is 0 Å². The molecule has 1 aliphatic carbocycles. The normalized spacial score (nSPS) is 27.2. The largest absolute Gasteiger partial charge is 0.465 e. The molecule has 2 aliphatic rings. The van der Waals surface area contributed by atoms with Crippen LogP contribution in [0.1, 0.15) is 45.1 Å². The van der Waals surface area contributed by atoms with Crippen LogP contribution in [0.4, 0.5) is 0 Å². The summed E-state index contributed by atoms with van der Waals surface area (Å²) in [5, 5.41) is 0. The van der Waals surface area contributed by atoms with E-state index in [0.29, 0.717) is 12.8 Å². The SMILES string of the molecule is CCCCC(=O)[C@@]12CN(S(=O)(=O)c3ccc(C)cc3)C[C@]1(C(=O)OCC)C2. The van der Waals surface area contributed by atoms with Gasteiger partial charge in [-0.2, -0.15) is 4.31 Å². The number of sulfonamides is 1. The van der Waals surface area contributed by atoms with Crippen molar-refractivity contribution in [3.8, 4) is 0 Å². The molecule has 27 heavy (non-hydrogen) atoms. The number of esters is 1. The number of benzene rings is 1. The van der Waals surface area contributed by atoms with Gasteiger partial charge in [0.1, 0.15) is 5.78 Å². The number of unbranched alkanes of at least 4 members (excludes halogenated alkanes) is 1. The number of piperidine rings is 1. The monoisotopic (exact) mass is 393 g/mol. The van der Waals surface area contributed by atoms with Crippen molar-refractivity contribution in [3.05, 3.63) is 29.8 Å². The van der Waals surface area contributed by atoms with Gasteiger partial charge in [-0.1, -0.05) is 31.0 Å². The molecule has 1 aliphatic heterocycles. The summed E-state index contributed by atoms with van der Waals surface area (Å²) in [6.07, 6.45) is 2.38. The number of ether oxygens (including phenoxy) is 1. The molecule has 0 bridgehead atoms. The fourth-order valence-electron chi connectivity index (χ4n) is 4.20. The average molecular weight is 394 g/mol. The Morgan fingerprint density at radius 3 is 2.33 bits per heavy atom. The first-order valence-electron chi connectivity index (χ1n) is 9.51. The van der Waals surface area contributed by atoms with Gasteiger partial charge in [-0.25, -0.2) is 8.42 Å². The lowest BCUT2D eigenvalue weighted by molar-refractivity contribution is -0.151. The maximum Gasteiger partial charge on any atom is 0.314 e. The number of rotatable bonds is 8. The number of carbonyl (C=O) groups excluding carboxylic acids is 2. The lowest BCUT2D eigenvalue weighted by Gasteiger charge is -2.20. The van der Waals surface area contributed by atoms with Crippen LogP contribution in [-0.4, -0.2) is 44.2 Å². The zero-order chi connectivity index (χ0) is 19.9. The van der Waals surface area contributed by atoms with E-state index in [4.69, 9.17) is 4.74 Å². The molecule has 1 saturated carbocycles. The van der Waals surface area contributed by atoms with Crippen molar-refractivity contribution in [1.82, 2.24) is 4.31 Å². The molecular formula is C20H27NO5S. The third-order valence-corrected chi connectivity index (χ3v) is 7.71. The summed E-state index contributed by atoms with van der Waals surface area (Å²) in [7, 11) is -3.76. The number of hydrogen-bond donors (Lipinski definition) is 0. The molecule has 1 saturated heterocycles. The molecule has 0 radical (unpaired) electrons. The molecule has 3 rings (SSSR count). The molecule has 7 heteroatoms. The third kappa shape index (κ3) is 3.10. The topological polar surface area (TPSA) is 80.8 Å². The van der Waals surface area contributed by atoms with Crippen LogP contribution < -0.4 is 0 Å². The van der Waals surface area contributed by atoms with E-state index in [1.807, 2.05) is 13.8 Å². The van der Waals surface area contributed by atoms with Gasteiger partial charge in [0.05, 0.1) is 22.3 Å². The van der Waals surface area contributed by atoms with Crippen molar-refractivity contribution >= 4 is 21.8 Å². The highest BCUT2D eigenvalue weighted by Gasteiger charge is 2.81. The van der Waals surface area contributed by atoms with E-state index in [1.54, 1.807) is 31.2 Å². The lowest BCUT2D eigenvalue weighted by atomic mass is 9.89. The Morgan fingerprint density at radius 1 is 1.11 bits per heavy atom. The molecule has 148 valence electrons. The molecule has 1 aromatic rings. The van der Waals surface area contributed by atoms with Gasteiger partial charge in [-0.05, 0) is 38.8 Å². The Bertz CT molecular complexity index is 848. The van der Waals surface area contributed by atoms with E-state index in [1.165, 1.54) is 4.31 Å². The Balaban J connectivity index is 1.92. The summed E-state index contributed by atoms with van der Waals surface area (Å²) in [5.41, 5.74) is -0.981. The molecule has 0 unspecified atom stereocenters. The number of ketones is 1. The predicted octanol–water partition coefficient (Wildman–Crippen LogP) is 2.70. The second kappa shape index (κ2) is 7.02. The fourth-order valence-corrected chi connectivity index (χ4v) is 5.76. The number of Topliss-reactive ketones (excluding diaryl/α,β-unsaturated/α-hetero) is 1. The van der Waals surface area contributed by atoms with Crippen molar-refractivity contribution in [3.63, 3.8) is 0 Å². The molecule has 1 heterocycles. The second-order valence-corrected chi connectivity index (χ2v) is 9.61. The number of fused-ring (bicyclic) bond motifs is 1. The minimum atomic E-state index is -3.76. The molecular weight excluding hydrogens is 366 g/mol. The first kappa shape index (κ1) is 20.0. The highest BCUT2D eigenvalue weighted by Crippen LogP contribution is 2.70. The van der Waals surface area contributed by atoms with Crippen molar-refractivity contribution in [2.75, 3.05) is 19.7 Å². The second-order valence-electron chi connectivity index (χ2n) is 7.67. The number of carbonyl (C=O) groups is 2. The van der Waals surface area contributed by atoms with Gasteiger partial charge in [-0.15, -0.1) is 0 Å². The summed E-state index contributed by atoms with van der Waals surface area (Å²) >= 11 is 0. The van der Waals surface area contributed by atoms with Gasteiger partial charge < -0.3 is 4.74 Å². The Hall–Kier alpha value is -1.73. The minimum Gasteiger partial charge on any atom is -0.465 e. The minimum absolute atomic E-state index is 0.0138. The first-order chi connectivity index (χ1) is 12.7. The summed E-state index contributed by atoms with van der Waals surface area (Å²) < 4.78 is 32.7. The Kier molecular flexibility index (Phi) is 5.20. The smallest absolute Gasteiger partial charge is 0.314 e. The fraction of sp³-hybridized carbons (Fsp3) is 0.600. The summed E-state index contributed by atoms with van der Waals surface area (Å²) in [6, 6.07) is 6.62. The molecule has 1 aromatic carbocycles. The zero-order valence-electron chi connectivity index (χ0n) is 16.2. The van der Waals surface area contributed by atoms with Crippen LogP contribution in [0.5, 0.6) is 0 Å². The maximum atomic E-state index is 13.1. The van der Waals surface area contributed by atoms with Crippen molar-refractivity contribution in [2.24, 2.45) is 10.8 Å². The van der Waals surface area contributed by atoms with Crippen molar-refractivity contribution in [2.45, 2.75) is 51.3 Å². The molecule has 0 N–H and O–H groups in total. The number of hydrogen-bond acceptors (Lipinski definition) is 5. The van der Waals surface area contributed by atoms with E-state index in [-0.39, 0.29) is 30.4 Å². The summed E-state index contributed by atoms with van der Waals surface area (Å²) in [4.78, 5) is 25.7. The van der Waals surface area contributed by atoms with E-state index in [0.717, 1.165) is 18.4 Å². The van der Waals surface area contributed by atoms with Gasteiger partial charge in [-0.3, -0.25) is 9.59 Å². The Morgan fingerprint density at radius 2 is 1.74 bits per heavy atom. The van der Waals surface area contributed by atoms with Gasteiger partial charge >= 0.3 is 5.97 Å². The maximum absolute atomic E-state index is 13.1. The average Bonchev–Trinajstić information content (AvgIpc) is 3.17. The van der Waals surface area contributed by atoms with Crippen LogP contribution in [0.2, 0.25) is 0 Å². The molecule has 0 amide bonds. The zero-order valence-corrected chi connectivity index (χ0v) is 17.0. The molecule has 0 spiro atoms. The van der Waals surface area contributed by atoms with Gasteiger partial charge in [0, 0.05) is 19.5 Å². The van der Waals surface area contributed by atoms with Crippen molar-refractivity contribution < 1.29 is 22.7 Å². The van der Waals surface area contributed by atoms with E-state index in [9.17, 15) is 18.0 Å². The number of nitrogens with zero attached hydrogens (tertiary/aromatic N) is 1. The van der Waals surface area contributed by atoms with E-state index < -0.39 is 26.8 Å². The Labute approximate surface area is 160 Å². The van der Waals surface area contributed by atoms with Crippen LogP contribution in [0, 0.1) is 17.8 Å². The van der Waals surface area contributed by atoms with Crippen molar-refractivity contribution in [1.29, 1.82) is 0 Å². The van der Waals surface area contributed by atoms with Gasteiger partial charge in [0.25, 0.3) is 0 Å². The highest BCUT2D eigenvalue weighted by atomic mass is 32.2. The van der Waals surface area contributed by atoms with E-state index >= 15 is 0 Å². The van der Waals surface area contributed by atoms with Crippen LogP contribution in [0.25, 0.3) is 0 Å². The van der Waals surface area contributed by atoms with Gasteiger partial charge in [0.2, 0.25) is 10.0 Å². The standard InChI is InChI=1S/C20H27NO5S/c1-4-6-7-17(22)19-12-20(19,18(23)26-5-2)14-21(13-19)27(24,25)16-10-8-15(3)9-11-16/h8-11H,4-7,12-14H2,1-3H3/t19-,20+/m1/s1. The lowest BCUT2D eigenvalue weighted by Crippen LogP contribution is -2.34. The van der Waals surface area contributed by atoms with Crippen LogP contribution in [-0.2, 0) is 24.3 Å². The summed E-state index contributed by atoms with van der Waals surface area (Å²) in [5.74, 6) is -0.463. The highest BCUT2D eigenvalue weighted by molar-refractivity contribution is 7.89.